The van der Waals surface area contributed by atoms with E-state index in [0.717, 1.165) is 46.3 Å². The van der Waals surface area contributed by atoms with Gasteiger partial charge in [-0.05, 0) is 48.7 Å². The fraction of sp³-hybridized carbons (Fsp3) is 0.263. The Hall–Kier alpha value is -2.14. The number of benzene rings is 2. The van der Waals surface area contributed by atoms with Crippen LogP contribution in [0.2, 0.25) is 0 Å². The van der Waals surface area contributed by atoms with Crippen LogP contribution >= 0.6 is 15.9 Å². The van der Waals surface area contributed by atoms with E-state index in [-0.39, 0.29) is 0 Å². The summed E-state index contributed by atoms with van der Waals surface area (Å²) < 4.78 is 6.44. The fourth-order valence-corrected chi connectivity index (χ4v) is 3.82. The number of methoxy groups -OCH3 is 1. The van der Waals surface area contributed by atoms with Crippen molar-refractivity contribution in [2.24, 2.45) is 0 Å². The van der Waals surface area contributed by atoms with Crippen LogP contribution in [0, 0.1) is 0 Å². The standard InChI is InChI=1S/C19H18BrN3O/c1-24-15-5-2-4-13(10-15)18-6-3-9-23(18)19-16-11-14(20)7-8-17(16)21-12-22-19/h2,4-5,7-8,10-12,18H,3,6,9H2,1H3. The largest absolute Gasteiger partial charge is 0.497 e. The van der Waals surface area contributed by atoms with Gasteiger partial charge in [-0.15, -0.1) is 0 Å². The van der Waals surface area contributed by atoms with Gasteiger partial charge >= 0.3 is 0 Å². The molecule has 0 radical (unpaired) electrons. The molecule has 3 aromatic rings. The highest BCUT2D eigenvalue weighted by Crippen LogP contribution is 2.39. The third-order valence-electron chi connectivity index (χ3n) is 4.58. The number of halogens is 1. The van der Waals surface area contributed by atoms with E-state index in [9.17, 15) is 0 Å². The van der Waals surface area contributed by atoms with Crippen molar-refractivity contribution in [2.45, 2.75) is 18.9 Å². The number of fused-ring (bicyclic) bond motifs is 1. The molecular formula is C19H18BrN3O. The van der Waals surface area contributed by atoms with Gasteiger partial charge in [0.25, 0.3) is 0 Å². The highest BCUT2D eigenvalue weighted by molar-refractivity contribution is 9.10. The van der Waals surface area contributed by atoms with Crippen LogP contribution in [0.5, 0.6) is 5.75 Å². The summed E-state index contributed by atoms with van der Waals surface area (Å²) in [4.78, 5) is 11.4. The maximum Gasteiger partial charge on any atom is 0.140 e. The zero-order valence-electron chi connectivity index (χ0n) is 13.4. The summed E-state index contributed by atoms with van der Waals surface area (Å²) in [6, 6.07) is 14.8. The molecule has 1 saturated heterocycles. The Kier molecular flexibility index (Phi) is 4.10. The molecule has 1 atom stereocenters. The minimum absolute atomic E-state index is 0.317. The average Bonchev–Trinajstić information content (AvgIpc) is 3.10. The van der Waals surface area contributed by atoms with E-state index in [4.69, 9.17) is 4.74 Å². The summed E-state index contributed by atoms with van der Waals surface area (Å²) >= 11 is 3.56. The molecule has 122 valence electrons. The molecule has 4 nitrogen and oxygen atoms in total. The van der Waals surface area contributed by atoms with Crippen LogP contribution in [0.4, 0.5) is 5.82 Å². The first-order chi connectivity index (χ1) is 11.8. The van der Waals surface area contributed by atoms with E-state index < -0.39 is 0 Å². The summed E-state index contributed by atoms with van der Waals surface area (Å²) in [5.41, 5.74) is 2.24. The lowest BCUT2D eigenvalue weighted by Crippen LogP contribution is -2.24. The van der Waals surface area contributed by atoms with E-state index in [1.54, 1.807) is 13.4 Å². The molecule has 1 fully saturated rings. The van der Waals surface area contributed by atoms with Gasteiger partial charge in [0, 0.05) is 16.4 Å². The van der Waals surface area contributed by atoms with Crippen LogP contribution in [-0.4, -0.2) is 23.6 Å². The Balaban J connectivity index is 1.79. The van der Waals surface area contributed by atoms with E-state index in [1.165, 1.54) is 5.56 Å². The third-order valence-corrected chi connectivity index (χ3v) is 5.07. The molecule has 1 aliphatic rings. The highest BCUT2D eigenvalue weighted by atomic mass is 79.9. The second kappa shape index (κ2) is 6.40. The molecule has 1 aliphatic heterocycles. The summed E-state index contributed by atoms with van der Waals surface area (Å²) in [7, 11) is 1.71. The molecule has 0 spiro atoms. The fourth-order valence-electron chi connectivity index (χ4n) is 3.46. The quantitative estimate of drug-likeness (QED) is 0.654. The second-order valence-corrected chi connectivity index (χ2v) is 6.90. The number of anilines is 1. The lowest BCUT2D eigenvalue weighted by molar-refractivity contribution is 0.414. The first kappa shape index (κ1) is 15.4. The molecule has 24 heavy (non-hydrogen) atoms. The zero-order chi connectivity index (χ0) is 16.5. The lowest BCUT2D eigenvalue weighted by Gasteiger charge is -2.27. The van der Waals surface area contributed by atoms with Gasteiger partial charge in [0.2, 0.25) is 0 Å². The molecule has 0 N–H and O–H groups in total. The first-order valence-electron chi connectivity index (χ1n) is 8.07. The summed E-state index contributed by atoms with van der Waals surface area (Å²) in [6.45, 7) is 1.00. The van der Waals surface area contributed by atoms with Crippen molar-refractivity contribution >= 4 is 32.7 Å². The normalized spacial score (nSPS) is 17.4. The van der Waals surface area contributed by atoms with Gasteiger partial charge in [0.15, 0.2) is 0 Å². The maximum atomic E-state index is 5.39. The minimum Gasteiger partial charge on any atom is -0.497 e. The van der Waals surface area contributed by atoms with Gasteiger partial charge in [0.1, 0.15) is 17.9 Å². The highest BCUT2D eigenvalue weighted by Gasteiger charge is 2.28. The van der Waals surface area contributed by atoms with Gasteiger partial charge in [-0.25, -0.2) is 9.97 Å². The first-order valence-corrected chi connectivity index (χ1v) is 8.86. The Labute approximate surface area is 149 Å². The summed E-state index contributed by atoms with van der Waals surface area (Å²) in [6.07, 6.45) is 3.93. The molecule has 0 amide bonds. The van der Waals surface area contributed by atoms with Crippen molar-refractivity contribution in [3.8, 4) is 5.75 Å². The number of nitrogens with zero attached hydrogens (tertiary/aromatic N) is 3. The SMILES string of the molecule is COc1cccc(C2CCCN2c2ncnc3ccc(Br)cc23)c1. The van der Waals surface area contributed by atoms with E-state index >= 15 is 0 Å². The number of hydrogen-bond acceptors (Lipinski definition) is 4. The van der Waals surface area contributed by atoms with Crippen LogP contribution < -0.4 is 9.64 Å². The average molecular weight is 384 g/mol. The molecule has 2 heterocycles. The van der Waals surface area contributed by atoms with E-state index in [1.807, 2.05) is 18.2 Å². The predicted octanol–water partition coefficient (Wildman–Crippen LogP) is 4.74. The Morgan fingerprint density at radius 3 is 2.96 bits per heavy atom. The summed E-state index contributed by atoms with van der Waals surface area (Å²) in [5, 5.41) is 1.08. The van der Waals surface area contributed by atoms with Crippen molar-refractivity contribution in [2.75, 3.05) is 18.6 Å². The molecule has 4 rings (SSSR count). The van der Waals surface area contributed by atoms with Gasteiger partial charge in [-0.2, -0.15) is 0 Å². The van der Waals surface area contributed by atoms with Crippen LogP contribution in [0.15, 0.2) is 53.3 Å². The topological polar surface area (TPSA) is 38.2 Å². The number of aromatic nitrogens is 2. The maximum absolute atomic E-state index is 5.39. The summed E-state index contributed by atoms with van der Waals surface area (Å²) in [5.74, 6) is 1.90. The Morgan fingerprint density at radius 1 is 1.17 bits per heavy atom. The van der Waals surface area contributed by atoms with Crippen LogP contribution in [0.25, 0.3) is 10.9 Å². The Morgan fingerprint density at radius 2 is 2.08 bits per heavy atom. The van der Waals surface area contributed by atoms with Gasteiger partial charge < -0.3 is 9.64 Å². The van der Waals surface area contributed by atoms with Crippen molar-refractivity contribution < 1.29 is 4.74 Å². The van der Waals surface area contributed by atoms with Crippen molar-refractivity contribution in [3.63, 3.8) is 0 Å². The van der Waals surface area contributed by atoms with Crippen molar-refractivity contribution in [1.82, 2.24) is 9.97 Å². The second-order valence-electron chi connectivity index (χ2n) is 5.99. The zero-order valence-corrected chi connectivity index (χ0v) is 15.0. The Bertz CT molecular complexity index is 883. The molecule has 1 aromatic heterocycles. The van der Waals surface area contributed by atoms with Crippen LogP contribution in [-0.2, 0) is 0 Å². The minimum atomic E-state index is 0.317. The predicted molar refractivity (Wildman–Crippen MR) is 99.6 cm³/mol. The molecule has 5 heteroatoms. The lowest BCUT2D eigenvalue weighted by atomic mass is 10.0. The third kappa shape index (κ3) is 2.73. The number of rotatable bonds is 3. The van der Waals surface area contributed by atoms with Crippen LogP contribution in [0.1, 0.15) is 24.4 Å². The van der Waals surface area contributed by atoms with Gasteiger partial charge in [0.05, 0.1) is 18.7 Å². The van der Waals surface area contributed by atoms with Crippen LogP contribution in [0.3, 0.4) is 0 Å². The number of ether oxygens (including phenoxy) is 1. The van der Waals surface area contributed by atoms with Crippen molar-refractivity contribution in [3.05, 3.63) is 58.8 Å². The molecule has 1 unspecified atom stereocenters. The molecule has 2 aromatic carbocycles. The smallest absolute Gasteiger partial charge is 0.140 e. The van der Waals surface area contributed by atoms with E-state index in [2.05, 4.69) is 55.1 Å². The molecular weight excluding hydrogens is 366 g/mol. The van der Waals surface area contributed by atoms with Gasteiger partial charge in [-0.1, -0.05) is 28.1 Å². The van der Waals surface area contributed by atoms with Gasteiger partial charge in [-0.3, -0.25) is 0 Å². The van der Waals surface area contributed by atoms with E-state index in [0.29, 0.717) is 6.04 Å². The number of hydrogen-bond donors (Lipinski definition) is 0. The molecule has 0 bridgehead atoms. The monoisotopic (exact) mass is 383 g/mol. The molecule has 0 saturated carbocycles. The molecule has 0 aliphatic carbocycles. The van der Waals surface area contributed by atoms with Crippen molar-refractivity contribution in [1.29, 1.82) is 0 Å².